The number of carbonyl (C=O) groups excluding carboxylic acids is 1. The molecule has 5 heteroatoms. The first kappa shape index (κ1) is 16.2. The van der Waals surface area contributed by atoms with Crippen molar-refractivity contribution < 1.29 is 14.3 Å². The first-order valence-corrected chi connectivity index (χ1v) is 7.14. The van der Waals surface area contributed by atoms with Gasteiger partial charge in [-0.15, -0.1) is 0 Å². The minimum atomic E-state index is -0.425. The monoisotopic (exact) mass is 272 g/mol. The van der Waals surface area contributed by atoms with Gasteiger partial charge in [-0.1, -0.05) is 0 Å². The molecule has 112 valence electrons. The van der Waals surface area contributed by atoms with Crippen LogP contribution in [-0.2, 0) is 9.47 Å². The fourth-order valence-electron chi connectivity index (χ4n) is 2.10. The smallest absolute Gasteiger partial charge is 0.410 e. The van der Waals surface area contributed by atoms with E-state index in [1.807, 2.05) is 27.7 Å². The third-order valence-corrected chi connectivity index (χ3v) is 2.99. The van der Waals surface area contributed by atoms with E-state index in [2.05, 4.69) is 12.2 Å². The molecular formula is C14H28N2O3. The predicted octanol–water partition coefficient (Wildman–Crippen LogP) is 2.01. The van der Waals surface area contributed by atoms with Crippen molar-refractivity contribution in [1.29, 1.82) is 0 Å². The molecule has 0 spiro atoms. The average molecular weight is 272 g/mol. The van der Waals surface area contributed by atoms with Gasteiger partial charge >= 0.3 is 6.09 Å². The molecule has 1 rings (SSSR count). The number of rotatable bonds is 5. The van der Waals surface area contributed by atoms with Gasteiger partial charge in [0.05, 0.1) is 6.10 Å². The molecule has 1 aliphatic rings. The van der Waals surface area contributed by atoms with Crippen LogP contribution in [0.1, 0.15) is 41.0 Å². The zero-order valence-electron chi connectivity index (χ0n) is 12.9. The molecule has 5 nitrogen and oxygen atoms in total. The molecule has 19 heavy (non-hydrogen) atoms. The van der Waals surface area contributed by atoms with E-state index in [0.29, 0.717) is 12.6 Å². The highest BCUT2D eigenvalue weighted by molar-refractivity contribution is 5.68. The number of hydrogen-bond donors (Lipinski definition) is 1. The fraction of sp³-hybridized carbons (Fsp3) is 0.929. The summed E-state index contributed by atoms with van der Waals surface area (Å²) >= 11 is 0. The molecule has 0 aromatic heterocycles. The lowest BCUT2D eigenvalue weighted by molar-refractivity contribution is 0.0289. The molecule has 0 aliphatic carbocycles. The molecule has 1 aliphatic heterocycles. The van der Waals surface area contributed by atoms with Gasteiger partial charge in [0.2, 0.25) is 0 Å². The molecule has 1 amide bonds. The van der Waals surface area contributed by atoms with E-state index in [1.165, 1.54) is 0 Å². The van der Waals surface area contributed by atoms with Crippen molar-refractivity contribution in [2.24, 2.45) is 0 Å². The van der Waals surface area contributed by atoms with Crippen molar-refractivity contribution >= 4 is 6.09 Å². The molecule has 0 bridgehead atoms. The van der Waals surface area contributed by atoms with E-state index in [4.69, 9.17) is 9.47 Å². The Labute approximate surface area is 116 Å². The zero-order chi connectivity index (χ0) is 14.5. The van der Waals surface area contributed by atoms with E-state index in [-0.39, 0.29) is 12.2 Å². The van der Waals surface area contributed by atoms with E-state index >= 15 is 0 Å². The van der Waals surface area contributed by atoms with Gasteiger partial charge in [0, 0.05) is 32.3 Å². The number of carbonyl (C=O) groups is 1. The summed E-state index contributed by atoms with van der Waals surface area (Å²) in [6.45, 7) is 12.7. The Hall–Kier alpha value is -0.810. The van der Waals surface area contributed by atoms with Gasteiger partial charge in [-0.05, 0) is 41.0 Å². The maximum absolute atomic E-state index is 11.9. The molecule has 1 saturated heterocycles. The number of likely N-dealkylation sites (tertiary alicyclic amines) is 1. The largest absolute Gasteiger partial charge is 0.444 e. The highest BCUT2D eigenvalue weighted by atomic mass is 16.6. The van der Waals surface area contributed by atoms with Crippen LogP contribution in [0.2, 0.25) is 0 Å². The summed E-state index contributed by atoms with van der Waals surface area (Å²) in [5.74, 6) is 0. The molecule has 0 radical (unpaired) electrons. The maximum atomic E-state index is 11.9. The quantitative estimate of drug-likeness (QED) is 0.832. The molecule has 2 unspecified atom stereocenters. The molecule has 1 heterocycles. The minimum Gasteiger partial charge on any atom is -0.444 e. The normalized spacial score (nSPS) is 21.5. The summed E-state index contributed by atoms with van der Waals surface area (Å²) in [6, 6.07) is 0.343. The second-order valence-electron chi connectivity index (χ2n) is 6.09. The number of nitrogens with one attached hydrogen (secondary N) is 1. The Bertz CT molecular complexity index is 289. The topological polar surface area (TPSA) is 50.8 Å². The third-order valence-electron chi connectivity index (χ3n) is 2.99. The Morgan fingerprint density at radius 1 is 1.47 bits per heavy atom. The fourth-order valence-corrected chi connectivity index (χ4v) is 2.10. The second-order valence-corrected chi connectivity index (χ2v) is 6.09. The van der Waals surface area contributed by atoms with Crippen molar-refractivity contribution in [2.75, 3.05) is 26.2 Å². The number of ether oxygens (including phenoxy) is 2. The Morgan fingerprint density at radius 2 is 2.16 bits per heavy atom. The summed E-state index contributed by atoms with van der Waals surface area (Å²) in [5.41, 5.74) is -0.425. The zero-order valence-corrected chi connectivity index (χ0v) is 12.9. The van der Waals surface area contributed by atoms with Gasteiger partial charge in [-0.2, -0.15) is 0 Å². The van der Waals surface area contributed by atoms with E-state index < -0.39 is 5.60 Å². The Balaban J connectivity index is 2.27. The number of amides is 1. The summed E-state index contributed by atoms with van der Waals surface area (Å²) in [7, 11) is 0. The van der Waals surface area contributed by atoms with E-state index in [1.54, 1.807) is 4.90 Å². The van der Waals surface area contributed by atoms with Crippen molar-refractivity contribution in [1.82, 2.24) is 10.2 Å². The van der Waals surface area contributed by atoms with Gasteiger partial charge in [-0.25, -0.2) is 4.79 Å². The maximum Gasteiger partial charge on any atom is 0.410 e. The van der Waals surface area contributed by atoms with Crippen LogP contribution in [0.4, 0.5) is 4.79 Å². The average Bonchev–Trinajstić information content (AvgIpc) is 2.73. The molecule has 0 aromatic carbocycles. The van der Waals surface area contributed by atoms with Crippen LogP contribution in [0, 0.1) is 0 Å². The van der Waals surface area contributed by atoms with Crippen LogP contribution in [0.5, 0.6) is 0 Å². The minimum absolute atomic E-state index is 0.209. The molecule has 1 N–H and O–H groups in total. The Kier molecular flexibility index (Phi) is 6.07. The summed E-state index contributed by atoms with van der Waals surface area (Å²) in [4.78, 5) is 13.7. The lowest BCUT2D eigenvalue weighted by atomic mass is 10.2. The van der Waals surface area contributed by atoms with Gasteiger partial charge in [0.15, 0.2) is 0 Å². The van der Waals surface area contributed by atoms with Crippen LogP contribution in [0.3, 0.4) is 0 Å². The SMILES string of the molecule is CCOC(C)CNC1CCN(C(=O)OC(C)(C)C)C1. The van der Waals surface area contributed by atoms with Gasteiger partial charge in [0.25, 0.3) is 0 Å². The first-order chi connectivity index (χ1) is 8.81. The van der Waals surface area contributed by atoms with Crippen molar-refractivity contribution in [3.63, 3.8) is 0 Å². The van der Waals surface area contributed by atoms with Crippen LogP contribution >= 0.6 is 0 Å². The van der Waals surface area contributed by atoms with Crippen molar-refractivity contribution in [3.8, 4) is 0 Å². The van der Waals surface area contributed by atoms with Gasteiger partial charge < -0.3 is 19.7 Å². The van der Waals surface area contributed by atoms with E-state index in [0.717, 1.165) is 26.1 Å². The van der Waals surface area contributed by atoms with Gasteiger partial charge in [-0.3, -0.25) is 0 Å². The Morgan fingerprint density at radius 3 is 2.74 bits per heavy atom. The number of hydrogen-bond acceptors (Lipinski definition) is 4. The highest BCUT2D eigenvalue weighted by Gasteiger charge is 2.29. The van der Waals surface area contributed by atoms with Crippen LogP contribution in [0.25, 0.3) is 0 Å². The standard InChI is InChI=1S/C14H28N2O3/c1-6-18-11(2)9-15-12-7-8-16(10-12)13(17)19-14(3,4)5/h11-12,15H,6-10H2,1-5H3. The first-order valence-electron chi connectivity index (χ1n) is 7.14. The van der Waals surface area contributed by atoms with E-state index in [9.17, 15) is 4.79 Å². The molecular weight excluding hydrogens is 244 g/mol. The van der Waals surface area contributed by atoms with Crippen LogP contribution < -0.4 is 5.32 Å². The van der Waals surface area contributed by atoms with Crippen molar-refractivity contribution in [3.05, 3.63) is 0 Å². The predicted molar refractivity (Wildman–Crippen MR) is 75.3 cm³/mol. The molecule has 2 atom stereocenters. The lowest BCUT2D eigenvalue weighted by Crippen LogP contribution is -2.40. The summed E-state index contributed by atoms with van der Waals surface area (Å²) in [5, 5.41) is 3.44. The second kappa shape index (κ2) is 7.10. The van der Waals surface area contributed by atoms with Crippen molar-refractivity contribution in [2.45, 2.75) is 58.8 Å². The summed E-state index contributed by atoms with van der Waals surface area (Å²) in [6.07, 6.45) is 0.966. The third kappa shape index (κ3) is 6.25. The summed E-state index contributed by atoms with van der Waals surface area (Å²) < 4.78 is 10.8. The van der Waals surface area contributed by atoms with Crippen LogP contribution in [-0.4, -0.2) is 55.0 Å². The molecule has 1 fully saturated rings. The highest BCUT2D eigenvalue weighted by Crippen LogP contribution is 2.15. The number of nitrogens with zero attached hydrogens (tertiary/aromatic N) is 1. The molecule has 0 saturated carbocycles. The van der Waals surface area contributed by atoms with Crippen LogP contribution in [0.15, 0.2) is 0 Å². The van der Waals surface area contributed by atoms with Gasteiger partial charge in [0.1, 0.15) is 5.60 Å². The molecule has 0 aromatic rings. The lowest BCUT2D eigenvalue weighted by Gasteiger charge is -2.24.